The van der Waals surface area contributed by atoms with Gasteiger partial charge in [-0.1, -0.05) is 0 Å². The van der Waals surface area contributed by atoms with Gasteiger partial charge >= 0.3 is 0 Å². The summed E-state index contributed by atoms with van der Waals surface area (Å²) in [6, 6.07) is 0. The second-order valence-electron chi connectivity index (χ2n) is 4.31. The molecular weight excluding hydrogens is 365 g/mol. The van der Waals surface area contributed by atoms with E-state index in [1.165, 1.54) is 6.33 Å². The molecule has 3 heterocycles. The number of fused-ring (bicyclic) bond motifs is 1. The van der Waals surface area contributed by atoms with Gasteiger partial charge in [0.2, 0.25) is 0 Å². The van der Waals surface area contributed by atoms with Crippen LogP contribution in [-0.4, -0.2) is 48.8 Å². The van der Waals surface area contributed by atoms with E-state index in [1.54, 1.807) is 4.68 Å². The van der Waals surface area contributed by atoms with Crippen LogP contribution in [0.2, 0.25) is 0 Å². The Labute approximate surface area is 121 Å². The molecule has 1 aliphatic heterocycles. The maximum Gasteiger partial charge on any atom is 0.167 e. The quantitative estimate of drug-likeness (QED) is 0.613. The molecule has 102 valence electrons. The summed E-state index contributed by atoms with van der Waals surface area (Å²) in [5.74, 6) is 0.359. The topological polar surface area (TPSA) is 119 Å². The molecule has 3 atom stereocenters. The number of nitrogens with zero attached hydrogens (tertiary/aromatic N) is 4. The van der Waals surface area contributed by atoms with E-state index in [0.717, 1.165) is 0 Å². The van der Waals surface area contributed by atoms with Crippen molar-refractivity contribution in [2.24, 2.45) is 0 Å². The number of nitrogen functional groups attached to an aromatic ring is 1. The molecule has 8 nitrogen and oxygen atoms in total. The minimum Gasteiger partial charge on any atom is -0.394 e. The summed E-state index contributed by atoms with van der Waals surface area (Å²) in [6.45, 7) is -0.231. The summed E-state index contributed by atoms with van der Waals surface area (Å²) >= 11 is 2.05. The van der Waals surface area contributed by atoms with Crippen molar-refractivity contribution in [3.8, 4) is 0 Å². The summed E-state index contributed by atoms with van der Waals surface area (Å²) in [5, 5.41) is 23.9. The molecule has 0 saturated carbocycles. The zero-order valence-electron chi connectivity index (χ0n) is 9.77. The third-order valence-corrected chi connectivity index (χ3v) is 3.89. The Kier molecular flexibility index (Phi) is 3.28. The van der Waals surface area contributed by atoms with Crippen molar-refractivity contribution in [3.05, 3.63) is 10.0 Å². The van der Waals surface area contributed by atoms with Gasteiger partial charge in [-0.3, -0.25) is 0 Å². The smallest absolute Gasteiger partial charge is 0.167 e. The Morgan fingerprint density at radius 3 is 3.00 bits per heavy atom. The van der Waals surface area contributed by atoms with Gasteiger partial charge in [0.15, 0.2) is 11.9 Å². The van der Waals surface area contributed by atoms with Gasteiger partial charge in [0, 0.05) is 6.42 Å². The first-order valence-corrected chi connectivity index (χ1v) is 6.78. The zero-order valence-corrected chi connectivity index (χ0v) is 11.9. The number of hydrogen-bond acceptors (Lipinski definition) is 7. The Morgan fingerprint density at radius 2 is 2.32 bits per heavy atom. The Balaban J connectivity index is 2.05. The van der Waals surface area contributed by atoms with E-state index < -0.39 is 18.4 Å². The molecule has 3 rings (SSSR count). The van der Waals surface area contributed by atoms with Crippen LogP contribution in [0, 0.1) is 3.70 Å². The SMILES string of the molecule is Nc1ncnc2c1c(I)nn2C1CC(O)C(CO)O1. The molecule has 2 aromatic heterocycles. The molecule has 2 aromatic rings. The molecule has 1 saturated heterocycles. The summed E-state index contributed by atoms with van der Waals surface area (Å²) in [6.07, 6.45) is -0.0670. The van der Waals surface area contributed by atoms with Gasteiger partial charge in [-0.15, -0.1) is 0 Å². The number of rotatable bonds is 2. The van der Waals surface area contributed by atoms with Gasteiger partial charge in [-0.05, 0) is 22.6 Å². The summed E-state index contributed by atoms with van der Waals surface area (Å²) in [5.41, 5.74) is 6.37. The number of aliphatic hydroxyl groups is 2. The van der Waals surface area contributed by atoms with Crippen LogP contribution >= 0.6 is 22.6 Å². The lowest BCUT2D eigenvalue weighted by atomic mass is 10.2. The fraction of sp³-hybridized carbons (Fsp3) is 0.500. The van der Waals surface area contributed by atoms with Crippen molar-refractivity contribution < 1.29 is 14.9 Å². The van der Waals surface area contributed by atoms with Crippen molar-refractivity contribution in [2.45, 2.75) is 24.9 Å². The molecule has 4 N–H and O–H groups in total. The minimum absolute atomic E-state index is 0.231. The van der Waals surface area contributed by atoms with Crippen LogP contribution in [0.1, 0.15) is 12.6 Å². The van der Waals surface area contributed by atoms with Gasteiger partial charge in [0.25, 0.3) is 0 Å². The molecule has 3 unspecified atom stereocenters. The molecule has 0 amide bonds. The molecule has 0 radical (unpaired) electrons. The number of ether oxygens (including phenoxy) is 1. The fourth-order valence-electron chi connectivity index (χ4n) is 2.18. The summed E-state index contributed by atoms with van der Waals surface area (Å²) in [4.78, 5) is 8.10. The van der Waals surface area contributed by atoms with Crippen molar-refractivity contribution >= 4 is 39.4 Å². The molecular formula is C10H12IN5O3. The number of anilines is 1. The predicted molar refractivity (Wildman–Crippen MR) is 74.1 cm³/mol. The van der Waals surface area contributed by atoms with Gasteiger partial charge in [-0.25, -0.2) is 14.6 Å². The van der Waals surface area contributed by atoms with Crippen LogP contribution in [0.4, 0.5) is 5.82 Å². The van der Waals surface area contributed by atoms with Crippen LogP contribution in [-0.2, 0) is 4.74 Å². The molecule has 1 fully saturated rings. The van der Waals surface area contributed by atoms with Crippen molar-refractivity contribution in [1.29, 1.82) is 0 Å². The monoisotopic (exact) mass is 377 g/mol. The second-order valence-corrected chi connectivity index (χ2v) is 5.33. The highest BCUT2D eigenvalue weighted by molar-refractivity contribution is 14.1. The molecule has 0 bridgehead atoms. The van der Waals surface area contributed by atoms with Gasteiger partial charge in [-0.2, -0.15) is 5.10 Å². The molecule has 0 aromatic carbocycles. The highest BCUT2D eigenvalue weighted by Crippen LogP contribution is 2.32. The maximum atomic E-state index is 9.77. The van der Waals surface area contributed by atoms with Crippen molar-refractivity contribution in [1.82, 2.24) is 19.7 Å². The summed E-state index contributed by atoms with van der Waals surface area (Å²) < 4.78 is 7.82. The highest BCUT2D eigenvalue weighted by Gasteiger charge is 2.36. The summed E-state index contributed by atoms with van der Waals surface area (Å²) in [7, 11) is 0. The number of aliphatic hydroxyl groups excluding tert-OH is 2. The van der Waals surface area contributed by atoms with Gasteiger partial charge < -0.3 is 20.7 Å². The van der Waals surface area contributed by atoms with Crippen LogP contribution in [0.25, 0.3) is 11.0 Å². The molecule has 1 aliphatic rings. The van der Waals surface area contributed by atoms with Crippen molar-refractivity contribution in [2.75, 3.05) is 12.3 Å². The number of nitrogens with two attached hydrogens (primary N) is 1. The van der Waals surface area contributed by atoms with Gasteiger partial charge in [0.05, 0.1) is 18.1 Å². The first-order valence-electron chi connectivity index (χ1n) is 5.70. The first kappa shape index (κ1) is 13.0. The number of aromatic nitrogens is 4. The lowest BCUT2D eigenvalue weighted by Gasteiger charge is -2.12. The predicted octanol–water partition coefficient (Wildman–Crippen LogP) is -0.346. The average molecular weight is 377 g/mol. The Hall–Kier alpha value is -1.04. The van der Waals surface area contributed by atoms with E-state index in [1.807, 2.05) is 0 Å². The zero-order chi connectivity index (χ0) is 13.6. The Morgan fingerprint density at radius 1 is 1.53 bits per heavy atom. The van der Waals surface area contributed by atoms with Crippen LogP contribution < -0.4 is 5.73 Å². The maximum absolute atomic E-state index is 9.77. The third kappa shape index (κ3) is 2.06. The number of halogens is 1. The minimum atomic E-state index is -0.717. The van der Waals surface area contributed by atoms with E-state index in [-0.39, 0.29) is 6.61 Å². The van der Waals surface area contributed by atoms with E-state index in [4.69, 9.17) is 15.6 Å². The van der Waals surface area contributed by atoms with E-state index in [0.29, 0.717) is 27.0 Å². The Bertz CT molecular complexity index is 618. The average Bonchev–Trinajstić information content (AvgIpc) is 2.91. The van der Waals surface area contributed by atoms with Crippen molar-refractivity contribution in [3.63, 3.8) is 0 Å². The standard InChI is InChI=1S/C10H12IN5O3/c11-8-7-9(12)13-3-14-10(7)16(15-8)6-1-4(18)5(2-17)19-6/h3-6,17-18H,1-2H2,(H2,12,13,14). The molecule has 19 heavy (non-hydrogen) atoms. The van der Waals surface area contributed by atoms with Crippen LogP contribution in [0.3, 0.4) is 0 Å². The van der Waals surface area contributed by atoms with E-state index in [2.05, 4.69) is 37.7 Å². The number of hydrogen-bond donors (Lipinski definition) is 3. The van der Waals surface area contributed by atoms with Gasteiger partial charge in [0.1, 0.15) is 21.9 Å². The first-order chi connectivity index (χ1) is 9.11. The van der Waals surface area contributed by atoms with Crippen LogP contribution in [0.15, 0.2) is 6.33 Å². The molecule has 0 aliphatic carbocycles. The lowest BCUT2D eigenvalue weighted by Crippen LogP contribution is -2.24. The molecule has 9 heteroatoms. The van der Waals surface area contributed by atoms with E-state index in [9.17, 15) is 5.11 Å². The largest absolute Gasteiger partial charge is 0.394 e. The molecule has 0 spiro atoms. The fourth-order valence-corrected chi connectivity index (χ4v) is 2.93. The lowest BCUT2D eigenvalue weighted by molar-refractivity contribution is -0.0471. The highest BCUT2D eigenvalue weighted by atomic mass is 127. The van der Waals surface area contributed by atoms with Crippen LogP contribution in [0.5, 0.6) is 0 Å². The second kappa shape index (κ2) is 4.81. The van der Waals surface area contributed by atoms with E-state index >= 15 is 0 Å². The normalized spacial score (nSPS) is 27.2. The third-order valence-electron chi connectivity index (χ3n) is 3.13.